The molecule has 156 valence electrons. The molecule has 8 heteroatoms. The molecule has 2 N–H and O–H groups in total. The van der Waals surface area contributed by atoms with Crippen molar-refractivity contribution in [3.05, 3.63) is 83.9 Å². The topological polar surface area (TPSA) is 58.5 Å². The largest absolute Gasteiger partial charge is 0.496 e. The number of methoxy groups -OCH3 is 1. The minimum Gasteiger partial charge on any atom is -0.496 e. The number of para-hydroxylation sites is 2. The van der Waals surface area contributed by atoms with Gasteiger partial charge in [0.1, 0.15) is 5.75 Å². The number of anilines is 1. The van der Waals surface area contributed by atoms with Crippen molar-refractivity contribution in [1.29, 1.82) is 0 Å². The summed E-state index contributed by atoms with van der Waals surface area (Å²) in [5.74, 6) is 1.60. The van der Waals surface area contributed by atoms with Crippen molar-refractivity contribution in [2.24, 2.45) is 5.10 Å². The molecule has 0 saturated heterocycles. The average molecular weight is 465 g/mol. The Morgan fingerprint density at radius 2 is 1.94 bits per heavy atom. The van der Waals surface area contributed by atoms with Gasteiger partial charge in [-0.3, -0.25) is 5.43 Å². The van der Waals surface area contributed by atoms with E-state index in [0.717, 1.165) is 38.2 Å². The Morgan fingerprint density at radius 3 is 2.74 bits per heavy atom. The molecular weight excluding hydrogens is 444 g/mol. The molecule has 0 fully saturated rings. The fourth-order valence-corrected chi connectivity index (χ4v) is 5.11. The molecule has 31 heavy (non-hydrogen) atoms. The van der Waals surface area contributed by atoms with E-state index in [2.05, 4.69) is 28.0 Å². The van der Waals surface area contributed by atoms with Crippen LogP contribution in [-0.4, -0.2) is 23.4 Å². The van der Waals surface area contributed by atoms with Gasteiger partial charge >= 0.3 is 0 Å². The second-order valence-corrected chi connectivity index (χ2v) is 9.16. The summed E-state index contributed by atoms with van der Waals surface area (Å²) in [4.78, 5) is 4.69. The van der Waals surface area contributed by atoms with Crippen LogP contribution in [0.15, 0.2) is 82.2 Å². The second kappa shape index (κ2) is 10.4. The molecule has 0 spiro atoms. The summed E-state index contributed by atoms with van der Waals surface area (Å²) in [6.45, 7) is 0. The Labute approximate surface area is 194 Å². The zero-order valence-electron chi connectivity index (χ0n) is 16.7. The Hall–Kier alpha value is -2.94. The molecule has 1 heterocycles. The molecule has 0 bridgehead atoms. The molecule has 3 aromatic carbocycles. The third-order valence-corrected chi connectivity index (χ3v) is 6.76. The van der Waals surface area contributed by atoms with Gasteiger partial charge in [0.2, 0.25) is 0 Å². The first-order chi connectivity index (χ1) is 15.2. The molecule has 0 amide bonds. The van der Waals surface area contributed by atoms with E-state index in [-0.39, 0.29) is 0 Å². The molecule has 1 aromatic heterocycles. The predicted molar refractivity (Wildman–Crippen MR) is 136 cm³/mol. The Balaban J connectivity index is 1.39. The maximum absolute atomic E-state index is 5.54. The molecule has 4 rings (SSSR count). The first kappa shape index (κ1) is 21.3. The number of benzene rings is 3. The van der Waals surface area contributed by atoms with E-state index in [1.807, 2.05) is 60.7 Å². The van der Waals surface area contributed by atoms with Crippen molar-refractivity contribution < 1.29 is 4.74 Å². The lowest BCUT2D eigenvalue weighted by Gasteiger charge is -2.09. The lowest BCUT2D eigenvalue weighted by molar-refractivity contribution is 0.411. The molecule has 0 unspecified atom stereocenters. The van der Waals surface area contributed by atoms with Gasteiger partial charge in [0.15, 0.2) is 9.45 Å². The number of hydrogen-bond acceptors (Lipinski definition) is 6. The molecule has 0 aliphatic heterocycles. The molecule has 0 radical (unpaired) electrons. The predicted octanol–water partition coefficient (Wildman–Crippen LogP) is 5.92. The Bertz CT molecular complexity index is 1170. The van der Waals surface area contributed by atoms with E-state index >= 15 is 0 Å². The number of nitrogens with one attached hydrogen (secondary N) is 2. The van der Waals surface area contributed by atoms with Crippen LogP contribution >= 0.6 is 35.3 Å². The number of fused-ring (bicyclic) bond motifs is 1. The summed E-state index contributed by atoms with van der Waals surface area (Å²) < 4.78 is 7.78. The first-order valence-corrected chi connectivity index (χ1v) is 11.7. The first-order valence-electron chi connectivity index (χ1n) is 9.51. The van der Waals surface area contributed by atoms with Crippen molar-refractivity contribution in [2.45, 2.75) is 10.1 Å². The van der Waals surface area contributed by atoms with Gasteiger partial charge in [-0.25, -0.2) is 4.98 Å². The molecule has 0 aliphatic carbocycles. The van der Waals surface area contributed by atoms with Gasteiger partial charge < -0.3 is 10.1 Å². The SMILES string of the molecule is COc1ccc(/C=N\NC(=S)Nc2ccccc2)cc1CSc1nc2ccccc2s1. The minimum atomic E-state index is 0.433. The number of nitrogens with zero attached hydrogens (tertiary/aromatic N) is 2. The number of rotatable bonds is 7. The zero-order valence-corrected chi connectivity index (χ0v) is 19.2. The van der Waals surface area contributed by atoms with Crippen LogP contribution in [0.5, 0.6) is 5.75 Å². The number of thioether (sulfide) groups is 1. The van der Waals surface area contributed by atoms with E-state index in [1.54, 1.807) is 36.4 Å². The van der Waals surface area contributed by atoms with Crippen LogP contribution in [0.1, 0.15) is 11.1 Å². The number of thiazole rings is 1. The quantitative estimate of drug-likeness (QED) is 0.153. The van der Waals surface area contributed by atoms with E-state index in [4.69, 9.17) is 21.9 Å². The Morgan fingerprint density at radius 1 is 1.13 bits per heavy atom. The normalized spacial score (nSPS) is 11.0. The van der Waals surface area contributed by atoms with Crippen LogP contribution in [0, 0.1) is 0 Å². The third kappa shape index (κ3) is 5.81. The molecule has 0 saturated carbocycles. The summed E-state index contributed by atoms with van der Waals surface area (Å²) in [6, 6.07) is 23.9. The molecular formula is C23H20N4OS3. The van der Waals surface area contributed by atoms with E-state index in [0.29, 0.717) is 5.11 Å². The van der Waals surface area contributed by atoms with Gasteiger partial charge in [0, 0.05) is 17.0 Å². The monoisotopic (exact) mass is 464 g/mol. The molecule has 5 nitrogen and oxygen atoms in total. The third-order valence-electron chi connectivity index (χ3n) is 4.34. The van der Waals surface area contributed by atoms with Crippen LogP contribution in [0.25, 0.3) is 10.2 Å². The van der Waals surface area contributed by atoms with Gasteiger partial charge in [-0.15, -0.1) is 11.3 Å². The molecule has 4 aromatic rings. The number of thiocarbonyl (C=S) groups is 1. The fraction of sp³-hybridized carbons (Fsp3) is 0.0870. The number of ether oxygens (including phenoxy) is 1. The van der Waals surface area contributed by atoms with Gasteiger partial charge in [0.05, 0.1) is 23.5 Å². The molecule has 0 atom stereocenters. The summed E-state index contributed by atoms with van der Waals surface area (Å²) in [6.07, 6.45) is 1.74. The van der Waals surface area contributed by atoms with Crippen molar-refractivity contribution in [1.82, 2.24) is 10.4 Å². The average Bonchev–Trinajstić information content (AvgIpc) is 3.21. The van der Waals surface area contributed by atoms with E-state index < -0.39 is 0 Å². The lowest BCUT2D eigenvalue weighted by atomic mass is 10.1. The number of hydrogen-bond donors (Lipinski definition) is 2. The zero-order chi connectivity index (χ0) is 21.5. The minimum absolute atomic E-state index is 0.433. The fourth-order valence-electron chi connectivity index (χ4n) is 2.89. The van der Waals surface area contributed by atoms with Crippen LogP contribution in [0.4, 0.5) is 5.69 Å². The maximum atomic E-state index is 5.54. The highest BCUT2D eigenvalue weighted by Gasteiger charge is 2.08. The highest BCUT2D eigenvalue weighted by molar-refractivity contribution is 8.00. The van der Waals surface area contributed by atoms with E-state index in [1.165, 1.54) is 4.70 Å². The van der Waals surface area contributed by atoms with Crippen molar-refractivity contribution >= 4 is 62.5 Å². The summed E-state index contributed by atoms with van der Waals surface area (Å²) >= 11 is 8.68. The van der Waals surface area contributed by atoms with Gasteiger partial charge in [0.25, 0.3) is 0 Å². The number of hydrazone groups is 1. The van der Waals surface area contributed by atoms with Gasteiger partial charge in [-0.1, -0.05) is 42.1 Å². The van der Waals surface area contributed by atoms with Crippen LogP contribution in [0.2, 0.25) is 0 Å². The summed E-state index contributed by atoms with van der Waals surface area (Å²) in [5, 5.41) is 7.76. The molecule has 0 aliphatic rings. The smallest absolute Gasteiger partial charge is 0.191 e. The highest BCUT2D eigenvalue weighted by atomic mass is 32.2. The lowest BCUT2D eigenvalue weighted by Crippen LogP contribution is -2.23. The summed E-state index contributed by atoms with van der Waals surface area (Å²) in [5.41, 5.74) is 6.83. The standard InChI is InChI=1S/C23H20N4OS3/c1-28-20-12-11-16(14-24-27-22(29)25-18-7-3-2-4-8-18)13-17(20)15-30-23-26-19-9-5-6-10-21(19)31-23/h2-14H,15H2,1H3,(H2,25,27,29)/b24-14-. The van der Waals surface area contributed by atoms with Crippen LogP contribution < -0.4 is 15.5 Å². The van der Waals surface area contributed by atoms with Crippen molar-refractivity contribution in [3.8, 4) is 5.75 Å². The van der Waals surface area contributed by atoms with Gasteiger partial charge in [-0.05, 0) is 60.2 Å². The maximum Gasteiger partial charge on any atom is 0.191 e. The Kier molecular flexibility index (Phi) is 7.14. The van der Waals surface area contributed by atoms with E-state index in [9.17, 15) is 0 Å². The highest BCUT2D eigenvalue weighted by Crippen LogP contribution is 2.33. The van der Waals surface area contributed by atoms with Crippen LogP contribution in [0.3, 0.4) is 0 Å². The number of aromatic nitrogens is 1. The van der Waals surface area contributed by atoms with Crippen molar-refractivity contribution in [2.75, 3.05) is 12.4 Å². The van der Waals surface area contributed by atoms with Gasteiger partial charge in [-0.2, -0.15) is 5.10 Å². The van der Waals surface area contributed by atoms with Crippen LogP contribution in [-0.2, 0) is 5.75 Å². The summed E-state index contributed by atoms with van der Waals surface area (Å²) in [7, 11) is 1.68. The second-order valence-electron chi connectivity index (χ2n) is 6.50. The van der Waals surface area contributed by atoms with Crippen molar-refractivity contribution in [3.63, 3.8) is 0 Å².